The van der Waals surface area contributed by atoms with Crippen LogP contribution in [0.2, 0.25) is 0 Å². The van der Waals surface area contributed by atoms with Crippen molar-refractivity contribution in [3.63, 3.8) is 0 Å². The van der Waals surface area contributed by atoms with Gasteiger partial charge in [-0.25, -0.2) is 0 Å². The van der Waals surface area contributed by atoms with E-state index < -0.39 is 0 Å². The molecule has 0 saturated carbocycles. The molecule has 0 aromatic heterocycles. The van der Waals surface area contributed by atoms with Crippen LogP contribution in [0.5, 0.6) is 0 Å². The van der Waals surface area contributed by atoms with Crippen LogP contribution >= 0.6 is 0 Å². The van der Waals surface area contributed by atoms with E-state index in [0.29, 0.717) is 0 Å². The molecule has 3 heteroatoms. The molecule has 0 amide bonds. The van der Waals surface area contributed by atoms with Crippen LogP contribution in [0.25, 0.3) is 0 Å². The second-order valence-electron chi connectivity index (χ2n) is 12.4. The highest BCUT2D eigenvalue weighted by atomic mass is 15.2. The van der Waals surface area contributed by atoms with Crippen molar-refractivity contribution in [2.24, 2.45) is 0 Å². The van der Waals surface area contributed by atoms with E-state index in [9.17, 15) is 0 Å². The maximum atomic E-state index is 4.34. The number of hydrogen-bond donors (Lipinski definition) is 0. The van der Waals surface area contributed by atoms with Gasteiger partial charge in [0.05, 0.1) is 0 Å². The summed E-state index contributed by atoms with van der Waals surface area (Å²) >= 11 is 0. The molecule has 0 heterocycles. The minimum absolute atomic E-state index is 0.741. The maximum Gasteiger partial charge on any atom is 0.0484 e. The average molecular weight is 826 g/mol. The molecule has 2 rings (SSSR count). The van der Waals surface area contributed by atoms with Gasteiger partial charge in [0.25, 0.3) is 0 Å². The number of para-hydroxylation sites is 1. The third-order valence-corrected chi connectivity index (χ3v) is 7.63. The van der Waals surface area contributed by atoms with Crippen LogP contribution in [-0.4, -0.2) is 25.5 Å². The summed E-state index contributed by atoms with van der Waals surface area (Å²) in [5.74, 6) is 0. The van der Waals surface area contributed by atoms with Crippen molar-refractivity contribution in [1.82, 2.24) is 4.90 Å². The quantitative estimate of drug-likeness (QED) is 0.109. The highest BCUT2D eigenvalue weighted by molar-refractivity contribution is 5.73. The van der Waals surface area contributed by atoms with Crippen molar-refractivity contribution in [2.45, 2.75) is 88.5 Å². The van der Waals surface area contributed by atoms with E-state index in [4.69, 9.17) is 0 Å². The molecular weight excluding hydrogens is 739 g/mol. The first-order valence-electron chi connectivity index (χ1n) is 21.3. The van der Waals surface area contributed by atoms with E-state index in [1.807, 2.05) is 108 Å². The zero-order valence-corrected chi connectivity index (χ0v) is 41.0. The Bertz CT molecular complexity index is 1680. The first-order valence-corrected chi connectivity index (χ1v) is 21.3. The Kier molecular flexibility index (Phi) is 49.0. The molecule has 0 atom stereocenters. The van der Waals surface area contributed by atoms with E-state index in [1.165, 1.54) is 5.56 Å². The number of hydrogen-bond acceptors (Lipinski definition) is 3. The molecule has 2 aromatic carbocycles. The fourth-order valence-electron chi connectivity index (χ4n) is 4.70. The summed E-state index contributed by atoms with van der Waals surface area (Å²) in [5.41, 5.74) is 9.29. The van der Waals surface area contributed by atoms with Crippen LogP contribution in [0.15, 0.2) is 234 Å². The second kappa shape index (κ2) is 46.6. The Balaban J connectivity index is -0.000000438. The maximum absolute atomic E-state index is 4.34. The highest BCUT2D eigenvalue weighted by Gasteiger charge is 2.15. The fourth-order valence-corrected chi connectivity index (χ4v) is 4.70. The molecule has 2 aromatic rings. The summed E-state index contributed by atoms with van der Waals surface area (Å²) < 4.78 is 0. The Labute approximate surface area is 378 Å². The van der Waals surface area contributed by atoms with Crippen LogP contribution in [0.3, 0.4) is 0 Å². The molecule has 0 N–H and O–H groups in total. The van der Waals surface area contributed by atoms with Gasteiger partial charge in [-0.2, -0.15) is 0 Å². The normalized spacial score (nSPS) is 10.3. The summed E-state index contributed by atoms with van der Waals surface area (Å²) in [4.78, 5) is 6.54. The molecule has 334 valence electrons. The van der Waals surface area contributed by atoms with Gasteiger partial charge in [-0.3, -0.25) is 0 Å². The average Bonchev–Trinajstić information content (AvgIpc) is 3.28. The Morgan fingerprint density at radius 2 is 1.21 bits per heavy atom. The van der Waals surface area contributed by atoms with Gasteiger partial charge in [0.2, 0.25) is 0 Å². The van der Waals surface area contributed by atoms with Crippen molar-refractivity contribution >= 4 is 17.1 Å². The van der Waals surface area contributed by atoms with E-state index in [1.54, 1.807) is 18.2 Å². The molecule has 0 aliphatic rings. The van der Waals surface area contributed by atoms with Crippen molar-refractivity contribution in [3.8, 4) is 0 Å². The summed E-state index contributed by atoms with van der Waals surface area (Å²) in [6.07, 6.45) is 32.1. The highest BCUT2D eigenvalue weighted by Crippen LogP contribution is 2.33. The van der Waals surface area contributed by atoms with Gasteiger partial charge in [-0.15, -0.1) is 26.3 Å². The van der Waals surface area contributed by atoms with Crippen LogP contribution in [-0.2, 0) is 6.42 Å². The zero-order chi connectivity index (χ0) is 48.0. The summed E-state index contributed by atoms with van der Waals surface area (Å²) in [6.45, 7) is 58.0. The van der Waals surface area contributed by atoms with Crippen molar-refractivity contribution < 1.29 is 0 Å². The number of benzene rings is 2. The summed E-state index contributed by atoms with van der Waals surface area (Å²) in [5, 5.41) is 0. The number of anilines is 3. The SMILES string of the molecule is C/C=C\C.C=C.C=C/C=C(\C)N(CC)C(/C=C\Cc1cc(N(C)C)cc(N(C(=C)C=C)c2ccccc2)c1)=C(/C=C)C(=C)/C=C\CC.C=C/C=C\C.C=CC.C=CCC.CC. The van der Waals surface area contributed by atoms with Gasteiger partial charge in [0.15, 0.2) is 0 Å². The van der Waals surface area contributed by atoms with Gasteiger partial charge in [0, 0.05) is 60.4 Å². The van der Waals surface area contributed by atoms with Gasteiger partial charge < -0.3 is 14.7 Å². The lowest BCUT2D eigenvalue weighted by Crippen LogP contribution is -2.21. The largest absolute Gasteiger partial charge is 0.378 e. The smallest absolute Gasteiger partial charge is 0.0484 e. The second-order valence-corrected chi connectivity index (χ2v) is 12.4. The standard InChI is InChI=1S/C38H47N3.C5H8.2C4H8.C3H6.C2H6.C2H4/c1-11-16-22-30(6)37(14-4)38(40(15-5)32(8)21-12-2)26-20-23-33-27-35(39(9)10)29-36(28-33)41(31(7)13-3)34-24-18-17-19-25-34;1-3-5-4-2;2*1-3-4-2;1-3-2;2*1-2/h12-14,16-22,24-29H,2-4,6-7,11,15,23H2,1,5,8-10H3;3-5H,1H2,2H3;3-4H,1-2H3;3H,1,4H2,2H3;3H,1H2,2H3;1-2H3;1-2H2/b22-16-,26-20-,32-21+,38-37-;5-4-;4-3-;;;;. The lowest BCUT2D eigenvalue weighted by molar-refractivity contribution is 0.462. The Morgan fingerprint density at radius 3 is 1.59 bits per heavy atom. The third-order valence-electron chi connectivity index (χ3n) is 7.63. The van der Waals surface area contributed by atoms with Crippen LogP contribution < -0.4 is 9.80 Å². The predicted molar refractivity (Wildman–Crippen MR) is 288 cm³/mol. The number of rotatable bonds is 18. The molecule has 0 radical (unpaired) electrons. The van der Waals surface area contributed by atoms with E-state index in [2.05, 4.69) is 177 Å². The minimum Gasteiger partial charge on any atom is -0.378 e. The van der Waals surface area contributed by atoms with Crippen LogP contribution in [0.1, 0.15) is 87.6 Å². The van der Waals surface area contributed by atoms with Gasteiger partial charge >= 0.3 is 0 Å². The monoisotopic (exact) mass is 826 g/mol. The van der Waals surface area contributed by atoms with Crippen molar-refractivity contribution in [2.75, 3.05) is 30.4 Å². The summed E-state index contributed by atoms with van der Waals surface area (Å²) in [7, 11) is 4.13. The van der Waals surface area contributed by atoms with Gasteiger partial charge in [-0.1, -0.05) is 158 Å². The zero-order valence-electron chi connectivity index (χ0n) is 41.0. The first kappa shape index (κ1) is 64.1. The molecule has 0 saturated heterocycles. The van der Waals surface area contributed by atoms with Crippen molar-refractivity contribution in [3.05, 3.63) is 239 Å². The minimum atomic E-state index is 0.741. The lowest BCUT2D eigenvalue weighted by Gasteiger charge is -2.28. The van der Waals surface area contributed by atoms with Crippen LogP contribution in [0.4, 0.5) is 17.1 Å². The number of likely N-dealkylation sites (N-methyl/N-ethyl adjacent to an activating group) is 1. The van der Waals surface area contributed by atoms with E-state index >= 15 is 0 Å². The number of allylic oxidation sites excluding steroid dienone is 18. The first-order chi connectivity index (χ1) is 29.4. The topological polar surface area (TPSA) is 9.72 Å². The predicted octanol–water partition coefficient (Wildman–Crippen LogP) is 18.0. The molecular formula is C58H87N3. The molecule has 0 bridgehead atoms. The molecule has 3 nitrogen and oxygen atoms in total. The fraction of sp³-hybridized carbons (Fsp3) is 0.276. The molecule has 0 spiro atoms. The molecule has 0 aliphatic carbocycles. The lowest BCUT2D eigenvalue weighted by atomic mass is 10.0. The molecule has 0 fully saturated rings. The van der Waals surface area contributed by atoms with Gasteiger partial charge in [-0.05, 0) is 121 Å². The van der Waals surface area contributed by atoms with Crippen LogP contribution in [0, 0.1) is 0 Å². The Hall–Kier alpha value is -6.06. The molecule has 61 heavy (non-hydrogen) atoms. The molecule has 0 aliphatic heterocycles. The Morgan fingerprint density at radius 1 is 0.672 bits per heavy atom. The summed E-state index contributed by atoms with van der Waals surface area (Å²) in [6, 6.07) is 16.9. The number of nitrogens with zero attached hydrogens (tertiary/aromatic N) is 3. The van der Waals surface area contributed by atoms with Gasteiger partial charge in [0.1, 0.15) is 0 Å². The molecule has 0 unspecified atom stereocenters. The van der Waals surface area contributed by atoms with E-state index in [0.717, 1.165) is 71.1 Å². The van der Waals surface area contributed by atoms with Crippen molar-refractivity contribution in [1.29, 1.82) is 0 Å². The van der Waals surface area contributed by atoms with E-state index in [-0.39, 0.29) is 0 Å². The third kappa shape index (κ3) is 30.6.